The third-order valence-corrected chi connectivity index (χ3v) is 15.0. The maximum Gasteiger partial charge on any atom is 0.163 e. The van der Waals surface area contributed by atoms with E-state index in [4.69, 9.17) is 0 Å². The van der Waals surface area contributed by atoms with Crippen molar-refractivity contribution in [3.05, 3.63) is 387 Å². The molecule has 14 heterocycles. The molecule has 0 bridgehead atoms. The fourth-order valence-electron chi connectivity index (χ4n) is 9.33. The van der Waals surface area contributed by atoms with Gasteiger partial charge < -0.3 is 0 Å². The van der Waals surface area contributed by atoms with Crippen LogP contribution in [0.2, 0.25) is 0 Å². The maximum absolute atomic E-state index is 4.35. The monoisotopic (exact) mass is 1360 g/mol. The van der Waals surface area contributed by atoms with Gasteiger partial charge in [-0.1, -0.05) is 115 Å². The lowest BCUT2D eigenvalue weighted by Gasteiger charge is -2.00. The van der Waals surface area contributed by atoms with Crippen LogP contribution in [0.5, 0.6) is 0 Å². The van der Waals surface area contributed by atoms with Crippen LogP contribution in [0.3, 0.4) is 0 Å². The van der Waals surface area contributed by atoms with Crippen molar-refractivity contribution in [1.82, 2.24) is 79.7 Å². The molecule has 0 spiro atoms. The van der Waals surface area contributed by atoms with Crippen LogP contribution in [0, 0.1) is 55.4 Å². The molecule has 2 aromatic carbocycles. The first-order valence-corrected chi connectivity index (χ1v) is 33.6. The molecule has 0 aliphatic carbocycles. The van der Waals surface area contributed by atoms with Gasteiger partial charge in [0.15, 0.2) is 5.82 Å². The molecule has 16 rings (SSSR count). The molecule has 0 N–H and O–H groups in total. The lowest BCUT2D eigenvalue weighted by atomic mass is 10.1. The highest BCUT2D eigenvalue weighted by molar-refractivity contribution is 5.64. The minimum Gasteiger partial charge on any atom is -0.265 e. The molecule has 16 nitrogen and oxygen atoms in total. The van der Waals surface area contributed by atoms with Crippen LogP contribution in [0.25, 0.3) is 89.9 Å². The minimum absolute atomic E-state index is 0.690. The summed E-state index contributed by atoms with van der Waals surface area (Å²) in [6.45, 7) is 15.9. The van der Waals surface area contributed by atoms with Gasteiger partial charge in [-0.25, -0.2) is 15.0 Å². The molecular formula is C88H80N16. The quantitative estimate of drug-likeness (QED) is 0.139. The molecule has 0 saturated heterocycles. The van der Waals surface area contributed by atoms with Crippen LogP contribution in [-0.4, -0.2) is 79.7 Å². The lowest BCUT2D eigenvalue weighted by molar-refractivity contribution is 0.982. The average molecular weight is 1360 g/mol. The highest BCUT2D eigenvalue weighted by atomic mass is 15.0. The van der Waals surface area contributed by atoms with Gasteiger partial charge in [0.1, 0.15) is 12.2 Å². The molecule has 14 aromatic heterocycles. The summed E-state index contributed by atoms with van der Waals surface area (Å²) in [6.07, 6.45) is 32.4. The highest BCUT2D eigenvalue weighted by Gasteiger charge is 2.04. The average Bonchev–Trinajstić information content (AvgIpc) is 1.16. The number of hydrogen-bond acceptors (Lipinski definition) is 16. The fraction of sp³-hybridized carbons (Fsp3) is 0.0909. The van der Waals surface area contributed by atoms with Crippen LogP contribution in [0.4, 0.5) is 0 Å². The largest absolute Gasteiger partial charge is 0.265 e. The van der Waals surface area contributed by atoms with E-state index in [1.165, 1.54) is 39.7 Å². The summed E-state index contributed by atoms with van der Waals surface area (Å²) in [6, 6.07) is 76.2. The van der Waals surface area contributed by atoms with Crippen LogP contribution in [-0.2, 0) is 0 Å². The zero-order valence-electron chi connectivity index (χ0n) is 59.5. The molecule has 0 aliphatic heterocycles. The summed E-state index contributed by atoms with van der Waals surface area (Å²) in [7, 11) is 0. The molecule has 512 valence electrons. The van der Waals surface area contributed by atoms with Gasteiger partial charge in [-0.05, 0) is 198 Å². The van der Waals surface area contributed by atoms with Crippen molar-refractivity contribution in [2.45, 2.75) is 55.4 Å². The number of hydrogen-bond donors (Lipinski definition) is 0. The lowest BCUT2D eigenvalue weighted by Crippen LogP contribution is -1.93. The van der Waals surface area contributed by atoms with Crippen LogP contribution in [0.15, 0.2) is 342 Å². The van der Waals surface area contributed by atoms with Gasteiger partial charge in [0.2, 0.25) is 0 Å². The first-order valence-electron chi connectivity index (χ1n) is 33.6. The van der Waals surface area contributed by atoms with E-state index in [2.05, 4.69) is 134 Å². The van der Waals surface area contributed by atoms with Crippen LogP contribution in [0.1, 0.15) is 45.3 Å². The molecular weight excluding hydrogens is 1280 g/mol. The number of pyridine rings is 13. The zero-order chi connectivity index (χ0) is 72.8. The molecule has 0 amide bonds. The third-order valence-electron chi connectivity index (χ3n) is 15.0. The Morgan fingerprint density at radius 2 is 0.538 bits per heavy atom. The summed E-state index contributed by atoms with van der Waals surface area (Å²) < 4.78 is 0. The smallest absolute Gasteiger partial charge is 0.163 e. The summed E-state index contributed by atoms with van der Waals surface area (Å²) in [5, 5.41) is 0. The van der Waals surface area contributed by atoms with Crippen molar-refractivity contribution in [1.29, 1.82) is 0 Å². The van der Waals surface area contributed by atoms with Crippen molar-refractivity contribution >= 4 is 0 Å². The number of nitrogens with zero attached hydrogens (tertiary/aromatic N) is 16. The molecule has 0 radical (unpaired) electrons. The van der Waals surface area contributed by atoms with Crippen LogP contribution >= 0.6 is 0 Å². The van der Waals surface area contributed by atoms with Crippen molar-refractivity contribution < 1.29 is 0 Å². The topological polar surface area (TPSA) is 206 Å². The number of benzene rings is 2. The Kier molecular flexibility index (Phi) is 29.5. The van der Waals surface area contributed by atoms with E-state index in [0.29, 0.717) is 5.82 Å². The van der Waals surface area contributed by atoms with E-state index in [1.807, 2.05) is 287 Å². The second-order valence-corrected chi connectivity index (χ2v) is 23.4. The van der Waals surface area contributed by atoms with Crippen molar-refractivity contribution in [3.8, 4) is 89.9 Å². The third kappa shape index (κ3) is 25.6. The number of aromatic nitrogens is 16. The Morgan fingerprint density at radius 3 is 0.952 bits per heavy atom. The Bertz CT molecular complexity index is 4190. The van der Waals surface area contributed by atoms with E-state index in [-0.39, 0.29) is 0 Å². The number of rotatable bonds is 8. The molecule has 104 heavy (non-hydrogen) atoms. The SMILES string of the molecule is Cc1ccc(-c2ccccc2)cn1.Cc1ccc(-c2ccccc2)nc1.Cc1ccc(-c2ccccn2)cn1.Cc1ccc(-c2ccccn2)nc1.Cc1ccc(-c2cccnc2)cn1.Cc1ccc(-c2cccnc2)nc1.Cc1ccc(-c2ccncc2)cn1.Cc1ncnc(-c2ccncc2)n1. The minimum atomic E-state index is 0.690. The molecule has 0 fully saturated rings. The summed E-state index contributed by atoms with van der Waals surface area (Å²) >= 11 is 0. The van der Waals surface area contributed by atoms with Gasteiger partial charge in [-0.3, -0.25) is 64.8 Å². The molecule has 0 aliphatic rings. The van der Waals surface area contributed by atoms with E-state index in [1.54, 1.807) is 49.6 Å². The van der Waals surface area contributed by atoms with Gasteiger partial charge >= 0.3 is 0 Å². The Hall–Kier alpha value is -13.6. The van der Waals surface area contributed by atoms with Gasteiger partial charge in [-0.2, -0.15) is 0 Å². The van der Waals surface area contributed by atoms with Gasteiger partial charge in [0.25, 0.3) is 0 Å². The van der Waals surface area contributed by atoms with E-state index in [0.717, 1.165) is 96.0 Å². The first-order chi connectivity index (χ1) is 50.9. The van der Waals surface area contributed by atoms with E-state index in [9.17, 15) is 0 Å². The predicted octanol–water partition coefficient (Wildman–Crippen LogP) is 19.6. The molecule has 0 saturated carbocycles. The summed E-state index contributed by atoms with van der Waals surface area (Å²) in [5.41, 5.74) is 23.6. The molecule has 16 aromatic rings. The standard InChI is InChI=1S/2C12H11N.5C11H10N2.C9H8N4/c1-10-7-8-12(9-13-10)11-5-3-2-4-6-11;1-10-7-8-12(13-9-10)11-5-3-2-4-6-11;1-9-2-3-11(8-13-9)10-4-6-12-7-5-10;1-9-4-5-11(8-13-9)10-3-2-6-12-7-10;1-9-4-5-11(13-7-9)10-3-2-6-12-8-10;1-9-5-6-10(8-13-9)11-4-2-3-7-12-11;1-9-5-6-11(13-8-9)10-4-2-3-7-12-10;1-7-11-6-12-9(13-7)8-2-4-10-5-3-8/h2*2-9H,1H3;5*2-8H,1H3;2-6H,1H3. The van der Waals surface area contributed by atoms with Gasteiger partial charge in [-0.15, -0.1) is 0 Å². The van der Waals surface area contributed by atoms with Crippen molar-refractivity contribution in [2.75, 3.05) is 0 Å². The van der Waals surface area contributed by atoms with Gasteiger partial charge in [0, 0.05) is 173 Å². The normalized spacial score (nSPS) is 9.92. The second-order valence-electron chi connectivity index (χ2n) is 23.4. The predicted molar refractivity (Wildman–Crippen MR) is 418 cm³/mol. The highest BCUT2D eigenvalue weighted by Crippen LogP contribution is 2.22. The maximum atomic E-state index is 4.35. The molecule has 0 unspecified atom stereocenters. The second kappa shape index (κ2) is 41.1. The molecule has 0 atom stereocenters. The fourth-order valence-corrected chi connectivity index (χ4v) is 9.33. The zero-order valence-corrected chi connectivity index (χ0v) is 59.5. The van der Waals surface area contributed by atoms with Crippen LogP contribution < -0.4 is 0 Å². The van der Waals surface area contributed by atoms with E-state index >= 15 is 0 Å². The Labute approximate surface area is 609 Å². The molecule has 16 heteroatoms. The summed E-state index contributed by atoms with van der Waals surface area (Å²) in [5.74, 6) is 1.41. The van der Waals surface area contributed by atoms with E-state index < -0.39 is 0 Å². The number of aryl methyl sites for hydroxylation is 8. The Balaban J connectivity index is 0.000000138. The first kappa shape index (κ1) is 74.6. The summed E-state index contributed by atoms with van der Waals surface area (Å²) in [4.78, 5) is 66.5. The van der Waals surface area contributed by atoms with Crippen molar-refractivity contribution in [2.24, 2.45) is 0 Å². The van der Waals surface area contributed by atoms with Crippen molar-refractivity contribution in [3.63, 3.8) is 0 Å². The van der Waals surface area contributed by atoms with Gasteiger partial charge in [0.05, 0.1) is 28.5 Å². The Morgan fingerprint density at radius 1 is 0.183 bits per heavy atom.